The first-order valence-electron chi connectivity index (χ1n) is 6.48. The molecule has 1 aromatic carbocycles. The smallest absolute Gasteiger partial charge is 0.0892 e. The van der Waals surface area contributed by atoms with Crippen LogP contribution in [0.5, 0.6) is 0 Å². The second-order valence-corrected chi connectivity index (χ2v) is 5.20. The Morgan fingerprint density at radius 1 is 1.37 bits per heavy atom. The highest BCUT2D eigenvalue weighted by atomic mass is 79.9. The molecular formula is C14H19BrN4. The van der Waals surface area contributed by atoms with Gasteiger partial charge in [0, 0.05) is 6.54 Å². The van der Waals surface area contributed by atoms with Gasteiger partial charge >= 0.3 is 0 Å². The highest BCUT2D eigenvalue weighted by molar-refractivity contribution is 9.10. The Bertz CT molecular complexity index is 550. The van der Waals surface area contributed by atoms with E-state index >= 15 is 0 Å². The third kappa shape index (κ3) is 2.73. The van der Waals surface area contributed by atoms with Gasteiger partial charge in [-0.15, -0.1) is 0 Å². The molecule has 19 heavy (non-hydrogen) atoms. The van der Waals surface area contributed by atoms with Crippen molar-refractivity contribution in [1.29, 1.82) is 0 Å². The topological polar surface area (TPSA) is 55.9 Å². The number of aryl methyl sites for hydroxylation is 2. The number of hydrazine groups is 1. The van der Waals surface area contributed by atoms with E-state index in [-0.39, 0.29) is 6.04 Å². The molecule has 0 aliphatic carbocycles. The van der Waals surface area contributed by atoms with E-state index in [1.54, 1.807) is 0 Å². The fraction of sp³-hybridized carbons (Fsp3) is 0.357. The van der Waals surface area contributed by atoms with E-state index in [1.807, 2.05) is 16.9 Å². The van der Waals surface area contributed by atoms with Crippen molar-refractivity contribution in [1.82, 2.24) is 15.2 Å². The van der Waals surface area contributed by atoms with Gasteiger partial charge in [-0.1, -0.05) is 31.2 Å². The molecule has 0 radical (unpaired) electrons. The molecule has 2 aromatic rings. The van der Waals surface area contributed by atoms with Crippen LogP contribution in [0.4, 0.5) is 0 Å². The van der Waals surface area contributed by atoms with E-state index in [2.05, 4.69) is 58.5 Å². The third-order valence-electron chi connectivity index (χ3n) is 3.32. The summed E-state index contributed by atoms with van der Waals surface area (Å²) < 4.78 is 2.93. The zero-order valence-electron chi connectivity index (χ0n) is 11.2. The summed E-state index contributed by atoms with van der Waals surface area (Å²) in [5.41, 5.74) is 6.47. The van der Waals surface area contributed by atoms with Gasteiger partial charge in [-0.05, 0) is 40.4 Å². The SMILES string of the molecule is CCc1ccccc1C(NN)c1c(Br)cnn1CC. The second kappa shape index (κ2) is 6.32. The Morgan fingerprint density at radius 2 is 2.11 bits per heavy atom. The molecule has 1 unspecified atom stereocenters. The second-order valence-electron chi connectivity index (χ2n) is 4.35. The molecule has 3 N–H and O–H groups in total. The monoisotopic (exact) mass is 322 g/mol. The summed E-state index contributed by atoms with van der Waals surface area (Å²) in [4.78, 5) is 0. The first kappa shape index (κ1) is 14.2. The van der Waals surface area contributed by atoms with E-state index in [0.717, 1.165) is 23.1 Å². The Morgan fingerprint density at radius 3 is 2.74 bits per heavy atom. The van der Waals surface area contributed by atoms with E-state index in [4.69, 9.17) is 5.84 Å². The van der Waals surface area contributed by atoms with Crippen molar-refractivity contribution in [3.8, 4) is 0 Å². The van der Waals surface area contributed by atoms with Gasteiger partial charge in [0.05, 0.1) is 22.4 Å². The summed E-state index contributed by atoms with van der Waals surface area (Å²) in [6, 6.07) is 8.29. The molecule has 0 amide bonds. The van der Waals surface area contributed by atoms with Gasteiger partial charge in [0.25, 0.3) is 0 Å². The van der Waals surface area contributed by atoms with Crippen LogP contribution < -0.4 is 11.3 Å². The number of nitrogens with two attached hydrogens (primary N) is 1. The maximum atomic E-state index is 5.80. The van der Waals surface area contributed by atoms with Crippen molar-refractivity contribution in [3.05, 3.63) is 51.8 Å². The molecule has 0 aliphatic heterocycles. The lowest BCUT2D eigenvalue weighted by Gasteiger charge is -2.21. The lowest BCUT2D eigenvalue weighted by molar-refractivity contribution is 0.539. The van der Waals surface area contributed by atoms with Crippen LogP contribution in [0.2, 0.25) is 0 Å². The van der Waals surface area contributed by atoms with Gasteiger partial charge in [0.15, 0.2) is 0 Å². The summed E-state index contributed by atoms with van der Waals surface area (Å²) in [6.45, 7) is 5.04. The Kier molecular flexibility index (Phi) is 4.74. The zero-order chi connectivity index (χ0) is 13.8. The number of nitrogens with zero attached hydrogens (tertiary/aromatic N) is 2. The van der Waals surface area contributed by atoms with Crippen molar-refractivity contribution in [2.24, 2.45) is 5.84 Å². The molecule has 4 nitrogen and oxygen atoms in total. The van der Waals surface area contributed by atoms with Crippen LogP contribution in [0.15, 0.2) is 34.9 Å². The molecule has 1 atom stereocenters. The fourth-order valence-electron chi connectivity index (χ4n) is 2.36. The van der Waals surface area contributed by atoms with Crippen molar-refractivity contribution in [2.75, 3.05) is 0 Å². The molecule has 0 bridgehead atoms. The predicted molar refractivity (Wildman–Crippen MR) is 80.6 cm³/mol. The van der Waals surface area contributed by atoms with Crippen LogP contribution in [0.1, 0.15) is 36.7 Å². The number of aromatic nitrogens is 2. The number of benzene rings is 1. The zero-order valence-corrected chi connectivity index (χ0v) is 12.8. The van der Waals surface area contributed by atoms with Crippen LogP contribution in [0.3, 0.4) is 0 Å². The summed E-state index contributed by atoms with van der Waals surface area (Å²) in [5.74, 6) is 5.80. The van der Waals surface area contributed by atoms with Crippen LogP contribution in [-0.2, 0) is 13.0 Å². The molecule has 102 valence electrons. The molecule has 0 aliphatic rings. The van der Waals surface area contributed by atoms with E-state index < -0.39 is 0 Å². The number of nitrogens with one attached hydrogen (secondary N) is 1. The molecule has 2 rings (SSSR count). The summed E-state index contributed by atoms with van der Waals surface area (Å²) in [7, 11) is 0. The molecular weight excluding hydrogens is 304 g/mol. The van der Waals surface area contributed by atoms with E-state index in [1.165, 1.54) is 11.1 Å². The van der Waals surface area contributed by atoms with Crippen LogP contribution >= 0.6 is 15.9 Å². The Hall–Kier alpha value is -1.17. The average Bonchev–Trinajstić information content (AvgIpc) is 2.82. The maximum absolute atomic E-state index is 5.80. The molecule has 0 spiro atoms. The first-order chi connectivity index (χ1) is 9.22. The molecule has 0 fully saturated rings. The van der Waals surface area contributed by atoms with Gasteiger partial charge in [0.1, 0.15) is 0 Å². The largest absolute Gasteiger partial charge is 0.271 e. The molecule has 1 heterocycles. The van der Waals surface area contributed by atoms with Gasteiger partial charge in [-0.2, -0.15) is 5.10 Å². The highest BCUT2D eigenvalue weighted by Crippen LogP contribution is 2.30. The first-order valence-corrected chi connectivity index (χ1v) is 7.27. The van der Waals surface area contributed by atoms with Crippen LogP contribution in [0, 0.1) is 0 Å². The van der Waals surface area contributed by atoms with Crippen molar-refractivity contribution in [3.63, 3.8) is 0 Å². The molecule has 0 saturated heterocycles. The number of rotatable bonds is 5. The molecule has 0 saturated carbocycles. The minimum absolute atomic E-state index is 0.0621. The van der Waals surface area contributed by atoms with Crippen molar-refractivity contribution in [2.45, 2.75) is 32.9 Å². The number of hydrogen-bond donors (Lipinski definition) is 2. The standard InChI is InChI=1S/C14H19BrN4/c1-3-10-7-5-6-8-11(10)13(18-16)14-12(15)9-17-19(14)4-2/h5-9,13,18H,3-4,16H2,1-2H3. The van der Waals surface area contributed by atoms with Gasteiger partial charge in [0.2, 0.25) is 0 Å². The highest BCUT2D eigenvalue weighted by Gasteiger charge is 2.22. The Balaban J connectivity index is 2.53. The fourth-order valence-corrected chi connectivity index (χ4v) is 2.89. The number of hydrogen-bond acceptors (Lipinski definition) is 3. The lowest BCUT2D eigenvalue weighted by Crippen LogP contribution is -2.31. The van der Waals surface area contributed by atoms with Crippen LogP contribution in [-0.4, -0.2) is 9.78 Å². The van der Waals surface area contributed by atoms with Gasteiger partial charge in [-0.3, -0.25) is 10.5 Å². The quantitative estimate of drug-likeness (QED) is 0.657. The summed E-state index contributed by atoms with van der Waals surface area (Å²) in [6.07, 6.45) is 2.80. The average molecular weight is 323 g/mol. The minimum Gasteiger partial charge on any atom is -0.271 e. The predicted octanol–water partition coefficient (Wildman–Crippen LogP) is 2.78. The maximum Gasteiger partial charge on any atom is 0.0892 e. The van der Waals surface area contributed by atoms with Crippen LogP contribution in [0.25, 0.3) is 0 Å². The van der Waals surface area contributed by atoms with E-state index in [9.17, 15) is 0 Å². The number of halogens is 1. The minimum atomic E-state index is -0.0621. The summed E-state index contributed by atoms with van der Waals surface area (Å²) in [5, 5.41) is 4.36. The van der Waals surface area contributed by atoms with Gasteiger partial charge in [-0.25, -0.2) is 5.43 Å². The third-order valence-corrected chi connectivity index (χ3v) is 3.93. The van der Waals surface area contributed by atoms with Gasteiger partial charge < -0.3 is 0 Å². The van der Waals surface area contributed by atoms with E-state index in [0.29, 0.717) is 0 Å². The lowest BCUT2D eigenvalue weighted by atomic mass is 9.97. The molecule has 5 heteroatoms. The van der Waals surface area contributed by atoms with Crippen molar-refractivity contribution >= 4 is 15.9 Å². The normalized spacial score (nSPS) is 12.6. The molecule has 1 aromatic heterocycles. The Labute approximate surface area is 122 Å². The summed E-state index contributed by atoms with van der Waals surface area (Å²) >= 11 is 3.56. The van der Waals surface area contributed by atoms with Crippen molar-refractivity contribution < 1.29 is 0 Å².